The molecule has 7 heteroatoms. The van der Waals surface area contributed by atoms with Gasteiger partial charge in [0.15, 0.2) is 0 Å². The summed E-state index contributed by atoms with van der Waals surface area (Å²) in [6, 6.07) is 2.18. The number of aromatic nitrogens is 2. The number of nitrogens with zero attached hydrogens (tertiary/aromatic N) is 2. The highest BCUT2D eigenvalue weighted by molar-refractivity contribution is 5.96. The molecule has 4 nitrogen and oxygen atoms in total. The molecule has 0 atom stereocenters. The van der Waals surface area contributed by atoms with Crippen LogP contribution in [-0.2, 0) is 10.9 Å². The molecule has 0 unspecified atom stereocenters. The van der Waals surface area contributed by atoms with Crippen LogP contribution in [0.15, 0.2) is 18.3 Å². The van der Waals surface area contributed by atoms with Gasteiger partial charge in [0.05, 0.1) is 23.2 Å². The maximum absolute atomic E-state index is 12.9. The summed E-state index contributed by atoms with van der Waals surface area (Å²) in [5, 5.41) is 0. The highest BCUT2D eigenvalue weighted by Gasteiger charge is 2.35. The minimum Gasteiger partial charge on any atom is -0.462 e. The molecule has 22 heavy (non-hydrogen) atoms. The van der Waals surface area contributed by atoms with Gasteiger partial charge in [0.1, 0.15) is 5.69 Å². The van der Waals surface area contributed by atoms with Crippen molar-refractivity contribution in [1.82, 2.24) is 9.97 Å². The molecular weight excluding hydrogens is 297 g/mol. The molecule has 1 fully saturated rings. The molecule has 0 N–H and O–H groups in total. The fraction of sp³-hybridized carbons (Fsp3) is 0.400. The molecule has 1 aliphatic rings. The van der Waals surface area contributed by atoms with Gasteiger partial charge in [0.2, 0.25) is 0 Å². The van der Waals surface area contributed by atoms with Crippen molar-refractivity contribution >= 4 is 17.0 Å². The van der Waals surface area contributed by atoms with Crippen LogP contribution in [0.3, 0.4) is 0 Å². The van der Waals surface area contributed by atoms with Crippen molar-refractivity contribution in [3.63, 3.8) is 0 Å². The van der Waals surface area contributed by atoms with E-state index in [4.69, 9.17) is 4.74 Å². The first-order valence-electron chi connectivity index (χ1n) is 6.95. The fourth-order valence-corrected chi connectivity index (χ4v) is 2.40. The lowest BCUT2D eigenvalue weighted by Crippen LogP contribution is -2.12. The Morgan fingerprint density at radius 3 is 2.68 bits per heavy atom. The maximum atomic E-state index is 12.9. The average molecular weight is 310 g/mol. The van der Waals surface area contributed by atoms with Crippen LogP contribution < -0.4 is 0 Å². The van der Waals surface area contributed by atoms with E-state index in [1.165, 1.54) is 12.3 Å². The number of esters is 1. The fourth-order valence-electron chi connectivity index (χ4n) is 2.40. The quantitative estimate of drug-likeness (QED) is 0.811. The summed E-state index contributed by atoms with van der Waals surface area (Å²) in [6.07, 6.45) is -1.52. The zero-order valence-corrected chi connectivity index (χ0v) is 11.8. The molecule has 1 aliphatic carbocycles. The minimum absolute atomic E-state index is 0.0425. The Morgan fingerprint density at radius 2 is 2.09 bits per heavy atom. The van der Waals surface area contributed by atoms with Gasteiger partial charge in [-0.3, -0.25) is 4.98 Å². The van der Waals surface area contributed by atoms with Gasteiger partial charge in [0.25, 0.3) is 0 Å². The first kappa shape index (κ1) is 14.7. The molecule has 2 aromatic rings. The van der Waals surface area contributed by atoms with E-state index in [-0.39, 0.29) is 23.6 Å². The van der Waals surface area contributed by atoms with Gasteiger partial charge >= 0.3 is 12.1 Å². The first-order valence-corrected chi connectivity index (χ1v) is 6.95. The van der Waals surface area contributed by atoms with E-state index in [2.05, 4.69) is 9.97 Å². The third-order valence-electron chi connectivity index (χ3n) is 3.52. The Kier molecular flexibility index (Phi) is 3.50. The normalized spacial score (nSPS) is 15.1. The lowest BCUT2D eigenvalue weighted by molar-refractivity contribution is -0.140. The van der Waals surface area contributed by atoms with E-state index < -0.39 is 17.8 Å². The predicted molar refractivity (Wildman–Crippen MR) is 72.5 cm³/mol. The topological polar surface area (TPSA) is 52.1 Å². The van der Waals surface area contributed by atoms with Crippen molar-refractivity contribution in [1.29, 1.82) is 0 Å². The molecule has 0 bridgehead atoms. The molecule has 116 valence electrons. The molecule has 0 saturated heterocycles. The molecule has 0 amide bonds. The molecule has 0 radical (unpaired) electrons. The number of alkyl halides is 3. The van der Waals surface area contributed by atoms with E-state index in [0.29, 0.717) is 11.1 Å². The van der Waals surface area contributed by atoms with E-state index in [9.17, 15) is 18.0 Å². The van der Waals surface area contributed by atoms with Gasteiger partial charge < -0.3 is 4.74 Å². The summed E-state index contributed by atoms with van der Waals surface area (Å²) in [7, 11) is 0. The summed E-state index contributed by atoms with van der Waals surface area (Å²) in [4.78, 5) is 19.8. The second-order valence-corrected chi connectivity index (χ2v) is 5.14. The number of rotatable bonds is 3. The molecule has 3 rings (SSSR count). The van der Waals surface area contributed by atoms with Crippen LogP contribution in [0.5, 0.6) is 0 Å². The van der Waals surface area contributed by atoms with Gasteiger partial charge in [-0.25, -0.2) is 9.78 Å². The highest BCUT2D eigenvalue weighted by Crippen LogP contribution is 2.44. The summed E-state index contributed by atoms with van der Waals surface area (Å²) >= 11 is 0. The van der Waals surface area contributed by atoms with Crippen LogP contribution in [0.1, 0.15) is 47.3 Å². The third kappa shape index (κ3) is 2.63. The summed E-state index contributed by atoms with van der Waals surface area (Å²) in [5.41, 5.74) is 0.244. The maximum Gasteiger partial charge on any atom is 0.433 e. The van der Waals surface area contributed by atoms with Gasteiger partial charge in [-0.2, -0.15) is 13.2 Å². The van der Waals surface area contributed by atoms with Crippen molar-refractivity contribution in [2.75, 3.05) is 6.61 Å². The zero-order chi connectivity index (χ0) is 15.9. The minimum atomic E-state index is -4.53. The Bertz CT molecular complexity index is 739. The van der Waals surface area contributed by atoms with Gasteiger partial charge in [-0.15, -0.1) is 0 Å². The number of halogens is 3. The van der Waals surface area contributed by atoms with Gasteiger partial charge in [0, 0.05) is 6.20 Å². The largest absolute Gasteiger partial charge is 0.462 e. The predicted octanol–water partition coefficient (Wildman–Crippen LogP) is 3.70. The van der Waals surface area contributed by atoms with Crippen molar-refractivity contribution < 1.29 is 22.7 Å². The standard InChI is InChI=1S/C15H13F3N2O2/c1-2-22-14(21)9-7-19-10-5-6-11(15(16,17)18)20-13(10)12(9)8-3-4-8/h5-8H,2-4H2,1H3. The summed E-state index contributed by atoms with van der Waals surface area (Å²) < 4.78 is 43.6. The number of hydrogen-bond acceptors (Lipinski definition) is 4. The average Bonchev–Trinajstić information content (AvgIpc) is 3.29. The smallest absolute Gasteiger partial charge is 0.433 e. The second kappa shape index (κ2) is 5.23. The first-order chi connectivity index (χ1) is 10.4. The number of pyridine rings is 2. The lowest BCUT2D eigenvalue weighted by atomic mass is 10.0. The SMILES string of the molecule is CCOC(=O)c1cnc2ccc(C(F)(F)F)nc2c1C1CC1. The van der Waals surface area contributed by atoms with Crippen LogP contribution in [-0.4, -0.2) is 22.5 Å². The number of ether oxygens (including phenoxy) is 1. The molecular formula is C15H13F3N2O2. The Hall–Kier alpha value is -2.18. The van der Waals surface area contributed by atoms with Crippen molar-refractivity contribution in [2.24, 2.45) is 0 Å². The number of carbonyl (C=O) groups is 1. The Balaban J connectivity index is 2.21. The number of hydrogen-bond donors (Lipinski definition) is 0. The Labute approximate surface area is 124 Å². The number of carbonyl (C=O) groups excluding carboxylic acids is 1. The Morgan fingerprint density at radius 1 is 1.36 bits per heavy atom. The van der Waals surface area contributed by atoms with Crippen LogP contribution in [0.4, 0.5) is 13.2 Å². The molecule has 2 heterocycles. The highest BCUT2D eigenvalue weighted by atomic mass is 19.4. The van der Waals surface area contributed by atoms with E-state index in [0.717, 1.165) is 18.9 Å². The third-order valence-corrected chi connectivity index (χ3v) is 3.52. The van der Waals surface area contributed by atoms with Crippen molar-refractivity contribution in [3.05, 3.63) is 35.2 Å². The lowest BCUT2D eigenvalue weighted by Gasteiger charge is -2.12. The molecule has 0 spiro atoms. The van der Waals surface area contributed by atoms with Crippen LogP contribution in [0.2, 0.25) is 0 Å². The van der Waals surface area contributed by atoms with Crippen LogP contribution >= 0.6 is 0 Å². The van der Waals surface area contributed by atoms with Crippen molar-refractivity contribution in [2.45, 2.75) is 31.9 Å². The van der Waals surface area contributed by atoms with Gasteiger partial charge in [-0.1, -0.05) is 0 Å². The molecule has 2 aromatic heterocycles. The monoisotopic (exact) mass is 310 g/mol. The molecule has 0 aliphatic heterocycles. The number of fused-ring (bicyclic) bond motifs is 1. The van der Waals surface area contributed by atoms with Crippen molar-refractivity contribution in [3.8, 4) is 0 Å². The summed E-state index contributed by atoms with van der Waals surface area (Å²) in [6.45, 7) is 1.86. The van der Waals surface area contributed by atoms with Gasteiger partial charge in [-0.05, 0) is 43.4 Å². The van der Waals surface area contributed by atoms with Crippen LogP contribution in [0, 0.1) is 0 Å². The molecule has 0 aromatic carbocycles. The van der Waals surface area contributed by atoms with Crippen LogP contribution in [0.25, 0.3) is 11.0 Å². The zero-order valence-electron chi connectivity index (χ0n) is 11.8. The van der Waals surface area contributed by atoms with E-state index in [1.807, 2.05) is 0 Å². The summed E-state index contributed by atoms with van der Waals surface area (Å²) in [5.74, 6) is -0.529. The van der Waals surface area contributed by atoms with E-state index >= 15 is 0 Å². The molecule has 1 saturated carbocycles. The van der Waals surface area contributed by atoms with E-state index in [1.54, 1.807) is 6.92 Å². The second-order valence-electron chi connectivity index (χ2n) is 5.14.